The van der Waals surface area contributed by atoms with E-state index in [1.54, 1.807) is 0 Å². The van der Waals surface area contributed by atoms with Crippen LogP contribution in [0.5, 0.6) is 0 Å². The number of hydrogen-bond donors (Lipinski definition) is 2. The lowest BCUT2D eigenvalue weighted by Crippen LogP contribution is -2.20. The minimum atomic E-state index is 0.00323. The lowest BCUT2D eigenvalue weighted by atomic mass is 10.0. The van der Waals surface area contributed by atoms with Gasteiger partial charge in [-0.25, -0.2) is 0 Å². The number of aromatic nitrogens is 1. The first-order chi connectivity index (χ1) is 8.69. The largest absolute Gasteiger partial charge is 0.315 e. The molecule has 2 N–H and O–H groups in total. The van der Waals surface area contributed by atoms with Crippen molar-refractivity contribution < 1.29 is 0 Å². The fourth-order valence-electron chi connectivity index (χ4n) is 1.83. The lowest BCUT2D eigenvalue weighted by molar-refractivity contribution is 0.515. The molecule has 0 fully saturated rings. The molecule has 18 heavy (non-hydrogen) atoms. The molecule has 0 bridgehead atoms. The number of benzene rings is 1. The highest BCUT2D eigenvalue weighted by atomic mass is 79.9. The van der Waals surface area contributed by atoms with Gasteiger partial charge in [0.05, 0.1) is 0 Å². The van der Waals surface area contributed by atoms with Gasteiger partial charge in [-0.05, 0) is 24.1 Å². The molecule has 0 aliphatic rings. The molecule has 1 aromatic heterocycles. The molecule has 1 unspecified atom stereocenters. The summed E-state index contributed by atoms with van der Waals surface area (Å²) in [6.07, 6.45) is 1.01. The Balaban J connectivity index is 2.01. The number of thiazole rings is 1. The van der Waals surface area contributed by atoms with Gasteiger partial charge in [-0.2, -0.15) is 0 Å². The van der Waals surface area contributed by atoms with E-state index < -0.39 is 0 Å². The standard InChI is InChI=1S/C13H15BrN2OS/c1-2-12(9-3-5-10(14)6-4-9)15-7-11-8-18-13(17)16-11/h3-6,8,12,15H,2,7H2,1H3,(H,16,17). The van der Waals surface area contributed by atoms with Crippen LogP contribution in [-0.4, -0.2) is 4.98 Å². The molecular weight excluding hydrogens is 312 g/mol. The second-order valence-corrected chi connectivity index (χ2v) is 5.82. The highest BCUT2D eigenvalue weighted by molar-refractivity contribution is 9.10. The molecule has 1 heterocycles. The van der Waals surface area contributed by atoms with E-state index in [4.69, 9.17) is 0 Å². The summed E-state index contributed by atoms with van der Waals surface area (Å²) in [6, 6.07) is 8.63. The summed E-state index contributed by atoms with van der Waals surface area (Å²) < 4.78 is 1.09. The van der Waals surface area contributed by atoms with Crippen LogP contribution in [0.15, 0.2) is 38.9 Å². The third kappa shape index (κ3) is 3.54. The summed E-state index contributed by atoms with van der Waals surface area (Å²) >= 11 is 4.64. The SMILES string of the molecule is CCC(NCc1csc(=O)[nH]1)c1ccc(Br)cc1. The van der Waals surface area contributed by atoms with Crippen LogP contribution in [0.4, 0.5) is 0 Å². The molecule has 96 valence electrons. The molecule has 5 heteroatoms. The van der Waals surface area contributed by atoms with Crippen molar-refractivity contribution in [2.24, 2.45) is 0 Å². The number of rotatable bonds is 5. The van der Waals surface area contributed by atoms with Gasteiger partial charge in [-0.15, -0.1) is 0 Å². The molecule has 2 rings (SSSR count). The first kappa shape index (κ1) is 13.5. The molecule has 0 aliphatic carbocycles. The maximum absolute atomic E-state index is 11.0. The summed E-state index contributed by atoms with van der Waals surface area (Å²) in [5, 5.41) is 5.32. The Bertz CT molecular complexity index is 547. The van der Waals surface area contributed by atoms with Gasteiger partial charge < -0.3 is 10.3 Å². The number of H-pyrrole nitrogens is 1. The Morgan fingerprint density at radius 3 is 2.67 bits per heavy atom. The Hall–Kier alpha value is -0.910. The highest BCUT2D eigenvalue weighted by Gasteiger charge is 2.08. The zero-order chi connectivity index (χ0) is 13.0. The summed E-state index contributed by atoms with van der Waals surface area (Å²) in [5.41, 5.74) is 2.21. The van der Waals surface area contributed by atoms with Crippen molar-refractivity contribution in [3.8, 4) is 0 Å². The summed E-state index contributed by atoms with van der Waals surface area (Å²) in [7, 11) is 0. The van der Waals surface area contributed by atoms with Gasteiger partial charge >= 0.3 is 4.87 Å². The van der Waals surface area contributed by atoms with E-state index in [9.17, 15) is 4.79 Å². The average molecular weight is 327 g/mol. The van der Waals surface area contributed by atoms with E-state index in [0.717, 1.165) is 16.6 Å². The first-order valence-electron chi connectivity index (χ1n) is 5.84. The molecule has 1 atom stereocenters. The minimum absolute atomic E-state index is 0.00323. The predicted molar refractivity (Wildman–Crippen MR) is 79.0 cm³/mol. The smallest absolute Gasteiger partial charge is 0.304 e. The van der Waals surface area contributed by atoms with Crippen LogP contribution in [-0.2, 0) is 6.54 Å². The quantitative estimate of drug-likeness (QED) is 0.884. The average Bonchev–Trinajstić information content (AvgIpc) is 2.78. The lowest BCUT2D eigenvalue weighted by Gasteiger charge is -2.17. The molecule has 1 aromatic carbocycles. The summed E-state index contributed by atoms with van der Waals surface area (Å²) in [6.45, 7) is 2.84. The van der Waals surface area contributed by atoms with Gasteiger partial charge in [0, 0.05) is 28.1 Å². The Morgan fingerprint density at radius 2 is 2.11 bits per heavy atom. The normalized spacial score (nSPS) is 12.6. The van der Waals surface area contributed by atoms with Crippen LogP contribution >= 0.6 is 27.3 Å². The monoisotopic (exact) mass is 326 g/mol. The summed E-state index contributed by atoms with van der Waals surface area (Å²) in [5.74, 6) is 0. The number of nitrogens with one attached hydrogen (secondary N) is 2. The van der Waals surface area contributed by atoms with Crippen molar-refractivity contribution in [2.45, 2.75) is 25.9 Å². The minimum Gasteiger partial charge on any atom is -0.315 e. The topological polar surface area (TPSA) is 44.9 Å². The van der Waals surface area contributed by atoms with Gasteiger partial charge in [-0.1, -0.05) is 46.3 Å². The van der Waals surface area contributed by atoms with Crippen LogP contribution in [0.25, 0.3) is 0 Å². The number of aromatic amines is 1. The van der Waals surface area contributed by atoms with Crippen LogP contribution in [0, 0.1) is 0 Å². The zero-order valence-corrected chi connectivity index (χ0v) is 12.5. The van der Waals surface area contributed by atoms with Crippen molar-refractivity contribution in [2.75, 3.05) is 0 Å². The predicted octanol–water partition coefficient (Wildman–Crippen LogP) is 3.44. The molecule has 0 saturated heterocycles. The summed E-state index contributed by atoms with van der Waals surface area (Å²) in [4.78, 5) is 13.9. The number of hydrogen-bond acceptors (Lipinski definition) is 3. The van der Waals surface area contributed by atoms with E-state index in [0.29, 0.717) is 12.6 Å². The van der Waals surface area contributed by atoms with Gasteiger partial charge in [0.25, 0.3) is 0 Å². The van der Waals surface area contributed by atoms with Crippen molar-refractivity contribution in [1.29, 1.82) is 0 Å². The number of halogens is 1. The van der Waals surface area contributed by atoms with E-state index in [1.165, 1.54) is 16.9 Å². The molecule has 0 saturated carbocycles. The molecule has 0 aliphatic heterocycles. The van der Waals surface area contributed by atoms with E-state index >= 15 is 0 Å². The van der Waals surface area contributed by atoms with E-state index in [-0.39, 0.29) is 4.87 Å². The Morgan fingerprint density at radius 1 is 1.39 bits per heavy atom. The van der Waals surface area contributed by atoms with Crippen molar-refractivity contribution >= 4 is 27.3 Å². The first-order valence-corrected chi connectivity index (χ1v) is 7.52. The van der Waals surface area contributed by atoms with Crippen molar-refractivity contribution in [3.63, 3.8) is 0 Å². The van der Waals surface area contributed by atoms with Gasteiger partial charge in [0.1, 0.15) is 0 Å². The third-order valence-electron chi connectivity index (χ3n) is 2.79. The van der Waals surface area contributed by atoms with Gasteiger partial charge in [-0.3, -0.25) is 4.79 Å². The van der Waals surface area contributed by atoms with Crippen LogP contribution in [0.1, 0.15) is 30.6 Å². The second-order valence-electron chi connectivity index (χ2n) is 4.07. The van der Waals surface area contributed by atoms with Crippen molar-refractivity contribution in [3.05, 3.63) is 55.0 Å². The van der Waals surface area contributed by atoms with Crippen LogP contribution in [0.3, 0.4) is 0 Å². The zero-order valence-electron chi connectivity index (χ0n) is 10.1. The molecule has 2 aromatic rings. The molecule has 3 nitrogen and oxygen atoms in total. The fourth-order valence-corrected chi connectivity index (χ4v) is 2.67. The third-order valence-corrected chi connectivity index (χ3v) is 4.04. The highest BCUT2D eigenvalue weighted by Crippen LogP contribution is 2.19. The second kappa shape index (κ2) is 6.31. The molecule has 0 radical (unpaired) electrons. The fraction of sp³-hybridized carbons (Fsp3) is 0.308. The maximum Gasteiger partial charge on any atom is 0.304 e. The molecule has 0 amide bonds. The molecule has 0 spiro atoms. The van der Waals surface area contributed by atoms with Crippen LogP contribution in [0.2, 0.25) is 0 Å². The Kier molecular flexibility index (Phi) is 4.74. The Labute approximate surface area is 118 Å². The van der Waals surface area contributed by atoms with Crippen molar-refractivity contribution in [1.82, 2.24) is 10.3 Å². The van der Waals surface area contributed by atoms with Crippen LogP contribution < -0.4 is 10.2 Å². The maximum atomic E-state index is 11.0. The van der Waals surface area contributed by atoms with Gasteiger partial charge in [0.2, 0.25) is 0 Å². The van der Waals surface area contributed by atoms with Gasteiger partial charge in [0.15, 0.2) is 0 Å². The molecular formula is C13H15BrN2OS. The van der Waals surface area contributed by atoms with E-state index in [1.807, 2.05) is 17.5 Å². The van der Waals surface area contributed by atoms with E-state index in [2.05, 4.69) is 45.3 Å².